The molecule has 0 saturated heterocycles. The first-order chi connectivity index (χ1) is 9.28. The zero-order chi connectivity index (χ0) is 13.2. The Kier molecular flexibility index (Phi) is 2.94. The molecule has 0 N–H and O–H groups in total. The molecule has 0 radical (unpaired) electrons. The SMILES string of the molecule is N#Cc1cc2nc(Cl)ccc2n1Cc1ccccc1. The third kappa shape index (κ3) is 2.18. The van der Waals surface area contributed by atoms with Crippen molar-refractivity contribution in [2.45, 2.75) is 6.54 Å². The van der Waals surface area contributed by atoms with Gasteiger partial charge < -0.3 is 4.57 Å². The van der Waals surface area contributed by atoms with E-state index in [0.29, 0.717) is 17.4 Å². The molecule has 0 atom stereocenters. The van der Waals surface area contributed by atoms with Crippen LogP contribution in [0.15, 0.2) is 48.5 Å². The van der Waals surface area contributed by atoms with Crippen molar-refractivity contribution >= 4 is 22.6 Å². The van der Waals surface area contributed by atoms with E-state index >= 15 is 0 Å². The molecule has 0 fully saturated rings. The van der Waals surface area contributed by atoms with Gasteiger partial charge in [0.25, 0.3) is 0 Å². The zero-order valence-electron chi connectivity index (χ0n) is 10.0. The van der Waals surface area contributed by atoms with Crippen LogP contribution in [-0.2, 0) is 6.54 Å². The van der Waals surface area contributed by atoms with E-state index in [9.17, 15) is 5.26 Å². The first-order valence-electron chi connectivity index (χ1n) is 5.88. The summed E-state index contributed by atoms with van der Waals surface area (Å²) in [5, 5.41) is 9.67. The maximum atomic E-state index is 9.24. The van der Waals surface area contributed by atoms with Gasteiger partial charge in [0.2, 0.25) is 0 Å². The minimum absolute atomic E-state index is 0.439. The van der Waals surface area contributed by atoms with Gasteiger partial charge in [0.05, 0.1) is 11.0 Å². The van der Waals surface area contributed by atoms with Gasteiger partial charge in [-0.1, -0.05) is 41.9 Å². The Morgan fingerprint density at radius 1 is 1.16 bits per heavy atom. The number of benzene rings is 1. The van der Waals surface area contributed by atoms with Gasteiger partial charge >= 0.3 is 0 Å². The molecule has 0 aliphatic carbocycles. The number of nitriles is 1. The van der Waals surface area contributed by atoms with Crippen LogP contribution in [0.4, 0.5) is 0 Å². The molecule has 0 unspecified atom stereocenters. The van der Waals surface area contributed by atoms with Crippen LogP contribution in [-0.4, -0.2) is 9.55 Å². The van der Waals surface area contributed by atoms with Crippen molar-refractivity contribution in [3.05, 3.63) is 64.9 Å². The van der Waals surface area contributed by atoms with Crippen molar-refractivity contribution in [2.24, 2.45) is 0 Å². The van der Waals surface area contributed by atoms with Crippen molar-refractivity contribution in [3.8, 4) is 6.07 Å². The molecule has 0 aliphatic rings. The van der Waals surface area contributed by atoms with E-state index in [-0.39, 0.29) is 0 Å². The van der Waals surface area contributed by atoms with E-state index < -0.39 is 0 Å². The number of halogens is 1. The van der Waals surface area contributed by atoms with Crippen LogP contribution in [0.1, 0.15) is 11.3 Å². The number of hydrogen-bond acceptors (Lipinski definition) is 2. The Hall–Kier alpha value is -2.31. The van der Waals surface area contributed by atoms with Crippen LogP contribution in [0.3, 0.4) is 0 Å². The van der Waals surface area contributed by atoms with Crippen molar-refractivity contribution in [2.75, 3.05) is 0 Å². The molecule has 3 rings (SSSR count). The van der Waals surface area contributed by atoms with Crippen molar-refractivity contribution in [1.82, 2.24) is 9.55 Å². The van der Waals surface area contributed by atoms with Gasteiger partial charge in [-0.25, -0.2) is 4.98 Å². The van der Waals surface area contributed by atoms with Crippen LogP contribution < -0.4 is 0 Å². The lowest BCUT2D eigenvalue weighted by Crippen LogP contribution is -2.01. The molecule has 1 aromatic carbocycles. The molecule has 92 valence electrons. The molecule has 0 amide bonds. The first kappa shape index (κ1) is 11.8. The van der Waals surface area contributed by atoms with Gasteiger partial charge in [0.1, 0.15) is 16.9 Å². The average Bonchev–Trinajstić information content (AvgIpc) is 2.77. The molecule has 3 nitrogen and oxygen atoms in total. The maximum Gasteiger partial charge on any atom is 0.129 e. The molecular formula is C15H10ClN3. The quantitative estimate of drug-likeness (QED) is 0.666. The Balaban J connectivity index is 2.14. The standard InChI is InChI=1S/C15H10ClN3/c16-15-7-6-14-13(18-15)8-12(9-17)19(14)10-11-4-2-1-3-5-11/h1-8H,10H2. The highest BCUT2D eigenvalue weighted by Gasteiger charge is 2.10. The number of pyridine rings is 1. The molecule has 4 heteroatoms. The molecule has 0 saturated carbocycles. The minimum Gasteiger partial charge on any atom is -0.327 e. The lowest BCUT2D eigenvalue weighted by atomic mass is 10.2. The molecule has 3 aromatic rings. The topological polar surface area (TPSA) is 41.6 Å². The summed E-state index contributed by atoms with van der Waals surface area (Å²) in [7, 11) is 0. The van der Waals surface area contributed by atoms with Crippen molar-refractivity contribution in [1.29, 1.82) is 5.26 Å². The second-order valence-corrected chi connectivity index (χ2v) is 4.64. The number of fused-ring (bicyclic) bond motifs is 1. The van der Waals surface area contributed by atoms with Crippen LogP contribution in [0.25, 0.3) is 11.0 Å². The Morgan fingerprint density at radius 3 is 2.68 bits per heavy atom. The highest BCUT2D eigenvalue weighted by atomic mass is 35.5. The lowest BCUT2D eigenvalue weighted by molar-refractivity contribution is 0.823. The van der Waals surface area contributed by atoms with Gasteiger partial charge in [-0.3, -0.25) is 0 Å². The molecular weight excluding hydrogens is 258 g/mol. The fourth-order valence-corrected chi connectivity index (χ4v) is 2.30. The summed E-state index contributed by atoms with van der Waals surface area (Å²) in [5.74, 6) is 0. The molecule has 0 aliphatic heterocycles. The third-order valence-corrected chi connectivity index (χ3v) is 3.23. The number of rotatable bonds is 2. The molecule has 19 heavy (non-hydrogen) atoms. The Bertz CT molecular complexity index is 769. The summed E-state index contributed by atoms with van der Waals surface area (Å²) in [5.41, 5.74) is 3.41. The van der Waals surface area contributed by atoms with E-state index in [4.69, 9.17) is 11.6 Å². The number of hydrogen-bond donors (Lipinski definition) is 0. The third-order valence-electron chi connectivity index (χ3n) is 3.02. The van der Waals surface area contributed by atoms with Crippen molar-refractivity contribution < 1.29 is 0 Å². The summed E-state index contributed by atoms with van der Waals surface area (Å²) in [4.78, 5) is 4.24. The summed E-state index contributed by atoms with van der Waals surface area (Å²) >= 11 is 5.88. The van der Waals surface area contributed by atoms with Gasteiger partial charge in [-0.2, -0.15) is 5.26 Å². The maximum absolute atomic E-state index is 9.24. The second kappa shape index (κ2) is 4.75. The average molecular weight is 268 g/mol. The molecule has 2 aromatic heterocycles. The van der Waals surface area contributed by atoms with Crippen LogP contribution in [0.5, 0.6) is 0 Å². The zero-order valence-corrected chi connectivity index (χ0v) is 10.8. The van der Waals surface area contributed by atoms with E-state index in [2.05, 4.69) is 11.1 Å². The van der Waals surface area contributed by atoms with Crippen LogP contribution >= 0.6 is 11.6 Å². The van der Waals surface area contributed by atoms with Gasteiger partial charge in [0.15, 0.2) is 0 Å². The lowest BCUT2D eigenvalue weighted by Gasteiger charge is -2.06. The largest absolute Gasteiger partial charge is 0.327 e. The van der Waals surface area contributed by atoms with Crippen LogP contribution in [0.2, 0.25) is 5.15 Å². The summed E-state index contributed by atoms with van der Waals surface area (Å²) < 4.78 is 1.95. The first-order valence-corrected chi connectivity index (χ1v) is 6.25. The summed E-state index contributed by atoms with van der Waals surface area (Å²) in [6.07, 6.45) is 0. The van der Waals surface area contributed by atoms with E-state index in [1.807, 2.05) is 41.0 Å². The second-order valence-electron chi connectivity index (χ2n) is 4.25. The van der Waals surface area contributed by atoms with E-state index in [0.717, 1.165) is 16.6 Å². The monoisotopic (exact) mass is 267 g/mol. The fourth-order valence-electron chi connectivity index (χ4n) is 2.14. The fraction of sp³-hybridized carbons (Fsp3) is 0.0667. The summed E-state index contributed by atoms with van der Waals surface area (Å²) in [6, 6.07) is 17.6. The smallest absolute Gasteiger partial charge is 0.129 e. The van der Waals surface area contributed by atoms with E-state index in [1.165, 1.54) is 0 Å². The normalized spacial score (nSPS) is 10.5. The predicted octanol–water partition coefficient (Wildman–Crippen LogP) is 3.61. The van der Waals surface area contributed by atoms with Gasteiger partial charge in [0, 0.05) is 12.6 Å². The molecule has 2 heterocycles. The Morgan fingerprint density at radius 2 is 1.95 bits per heavy atom. The van der Waals surface area contributed by atoms with E-state index in [1.54, 1.807) is 12.1 Å². The number of aromatic nitrogens is 2. The minimum atomic E-state index is 0.439. The van der Waals surface area contributed by atoms with Gasteiger partial charge in [-0.05, 0) is 17.7 Å². The number of nitrogens with zero attached hydrogens (tertiary/aromatic N) is 3. The Labute approximate surface area is 115 Å². The van der Waals surface area contributed by atoms with Crippen molar-refractivity contribution in [3.63, 3.8) is 0 Å². The molecule has 0 spiro atoms. The predicted molar refractivity (Wildman–Crippen MR) is 75.0 cm³/mol. The summed E-state index contributed by atoms with van der Waals surface area (Å²) in [6.45, 7) is 0.649. The highest BCUT2D eigenvalue weighted by Crippen LogP contribution is 2.21. The highest BCUT2D eigenvalue weighted by molar-refractivity contribution is 6.29. The molecule has 0 bridgehead atoms. The van der Waals surface area contributed by atoms with Gasteiger partial charge in [-0.15, -0.1) is 0 Å². The van der Waals surface area contributed by atoms with Crippen LogP contribution in [0, 0.1) is 11.3 Å².